The molecule has 0 aliphatic heterocycles. The normalized spacial score (nSPS) is 11.9. The minimum atomic E-state index is 0.151. The molecule has 132 valence electrons. The van der Waals surface area contributed by atoms with Crippen LogP contribution >= 0.6 is 0 Å². The number of aryl methyl sites for hydroxylation is 1. The zero-order valence-corrected chi connectivity index (χ0v) is 15.5. The average Bonchev–Trinajstić information content (AvgIpc) is 2.97. The first-order valence-electron chi connectivity index (χ1n) is 8.53. The molecule has 0 amide bonds. The third-order valence-electron chi connectivity index (χ3n) is 4.04. The first-order valence-corrected chi connectivity index (χ1v) is 8.53. The molecule has 2 N–H and O–H groups in total. The van der Waals surface area contributed by atoms with Crippen LogP contribution in [0, 0.1) is 11.5 Å². The number of aromatic nitrogens is 1. The van der Waals surface area contributed by atoms with Gasteiger partial charge < -0.3 is 15.2 Å². The average molecular weight is 337 g/mol. The molecule has 25 heavy (non-hydrogen) atoms. The maximum atomic E-state index is 8.86. The number of nitriles is 1. The van der Waals surface area contributed by atoms with Crippen molar-refractivity contribution in [3.63, 3.8) is 0 Å². The van der Waals surface area contributed by atoms with Crippen LogP contribution in [0.1, 0.15) is 37.5 Å². The molecule has 2 aromatic rings. The topological polar surface area (TPSA) is 65.1 Å². The summed E-state index contributed by atoms with van der Waals surface area (Å²) in [5, 5.41) is 15.2. The van der Waals surface area contributed by atoms with Crippen molar-refractivity contribution in [3.05, 3.63) is 59.4 Å². The SMILES string of the molecule is Cn1ccc(CCN/C(=N/C#N)NCc2ccc(C(C)(C)C)cc2)c1. The van der Waals surface area contributed by atoms with Gasteiger partial charge in [-0.3, -0.25) is 0 Å². The van der Waals surface area contributed by atoms with Crippen LogP contribution in [0.15, 0.2) is 47.7 Å². The van der Waals surface area contributed by atoms with Gasteiger partial charge in [0.15, 0.2) is 0 Å². The molecule has 1 heterocycles. The highest BCUT2D eigenvalue weighted by Crippen LogP contribution is 2.22. The number of hydrogen-bond donors (Lipinski definition) is 2. The standard InChI is InChI=1S/C20H27N5/c1-20(2,3)18-7-5-16(6-8-18)13-23-19(24-15-21)22-11-9-17-10-12-25(4)14-17/h5-8,10,12,14H,9,11,13H2,1-4H3,(H2,22,23,24). The largest absolute Gasteiger partial charge is 0.357 e. The van der Waals surface area contributed by atoms with Gasteiger partial charge in [0.1, 0.15) is 0 Å². The molecule has 0 fully saturated rings. The van der Waals surface area contributed by atoms with Crippen molar-refractivity contribution in [2.24, 2.45) is 12.0 Å². The van der Waals surface area contributed by atoms with Gasteiger partial charge in [-0.1, -0.05) is 45.0 Å². The van der Waals surface area contributed by atoms with E-state index in [1.807, 2.05) is 24.0 Å². The molecule has 0 radical (unpaired) electrons. The van der Waals surface area contributed by atoms with Crippen molar-refractivity contribution in [3.8, 4) is 6.19 Å². The molecule has 0 aliphatic rings. The fourth-order valence-corrected chi connectivity index (χ4v) is 2.53. The van der Waals surface area contributed by atoms with E-state index < -0.39 is 0 Å². The first-order chi connectivity index (χ1) is 11.9. The smallest absolute Gasteiger partial charge is 0.209 e. The predicted molar refractivity (Wildman–Crippen MR) is 102 cm³/mol. The summed E-state index contributed by atoms with van der Waals surface area (Å²) >= 11 is 0. The Labute approximate surface area is 150 Å². The van der Waals surface area contributed by atoms with Gasteiger partial charge in [0.05, 0.1) is 0 Å². The molecule has 0 spiro atoms. The van der Waals surface area contributed by atoms with E-state index in [9.17, 15) is 0 Å². The van der Waals surface area contributed by atoms with Crippen LogP contribution in [0.25, 0.3) is 0 Å². The zero-order valence-electron chi connectivity index (χ0n) is 15.5. The van der Waals surface area contributed by atoms with E-state index in [4.69, 9.17) is 5.26 Å². The molecule has 0 saturated carbocycles. The van der Waals surface area contributed by atoms with Crippen molar-refractivity contribution in [2.45, 2.75) is 39.2 Å². The fraction of sp³-hybridized carbons (Fsp3) is 0.400. The Bertz CT molecular complexity index is 742. The molecule has 0 bridgehead atoms. The molecule has 1 aromatic heterocycles. The third kappa shape index (κ3) is 6.00. The summed E-state index contributed by atoms with van der Waals surface area (Å²) in [7, 11) is 2.01. The molecule has 2 rings (SSSR count). The summed E-state index contributed by atoms with van der Waals surface area (Å²) in [6.07, 6.45) is 6.84. The van der Waals surface area contributed by atoms with E-state index in [0.29, 0.717) is 12.5 Å². The van der Waals surface area contributed by atoms with Gasteiger partial charge >= 0.3 is 0 Å². The van der Waals surface area contributed by atoms with Gasteiger partial charge in [0, 0.05) is 32.5 Å². The van der Waals surface area contributed by atoms with Crippen molar-refractivity contribution in [1.29, 1.82) is 5.26 Å². The molecule has 5 heteroatoms. The van der Waals surface area contributed by atoms with E-state index in [0.717, 1.165) is 18.5 Å². The number of aliphatic imine (C=N–C) groups is 1. The second-order valence-electron chi connectivity index (χ2n) is 7.22. The van der Waals surface area contributed by atoms with Crippen LogP contribution in [0.4, 0.5) is 0 Å². The Kier molecular flexibility index (Phi) is 6.24. The minimum absolute atomic E-state index is 0.151. The maximum absolute atomic E-state index is 8.86. The number of rotatable bonds is 5. The predicted octanol–water partition coefficient (Wildman–Crippen LogP) is 3.08. The van der Waals surface area contributed by atoms with E-state index >= 15 is 0 Å². The van der Waals surface area contributed by atoms with Crippen molar-refractivity contribution in [1.82, 2.24) is 15.2 Å². The first kappa shape index (κ1) is 18.6. The monoisotopic (exact) mass is 337 g/mol. The van der Waals surface area contributed by atoms with E-state index in [2.05, 4.69) is 72.9 Å². The van der Waals surface area contributed by atoms with Crippen molar-refractivity contribution >= 4 is 5.96 Å². The molecular formula is C20H27N5. The van der Waals surface area contributed by atoms with Crippen LogP contribution in [-0.4, -0.2) is 17.1 Å². The fourth-order valence-electron chi connectivity index (χ4n) is 2.53. The van der Waals surface area contributed by atoms with Crippen molar-refractivity contribution in [2.75, 3.05) is 6.54 Å². The highest BCUT2D eigenvalue weighted by molar-refractivity contribution is 5.80. The Morgan fingerprint density at radius 3 is 2.40 bits per heavy atom. The van der Waals surface area contributed by atoms with Gasteiger partial charge in [-0.15, -0.1) is 4.99 Å². The third-order valence-corrected chi connectivity index (χ3v) is 4.04. The van der Waals surface area contributed by atoms with Crippen LogP contribution in [0.3, 0.4) is 0 Å². The summed E-state index contributed by atoms with van der Waals surface area (Å²) in [5.41, 5.74) is 3.87. The second-order valence-corrected chi connectivity index (χ2v) is 7.22. The van der Waals surface area contributed by atoms with Gasteiger partial charge in [-0.2, -0.15) is 5.26 Å². The summed E-state index contributed by atoms with van der Waals surface area (Å²) in [4.78, 5) is 3.83. The molecule has 5 nitrogen and oxygen atoms in total. The van der Waals surface area contributed by atoms with Crippen LogP contribution in [0.2, 0.25) is 0 Å². The van der Waals surface area contributed by atoms with Gasteiger partial charge in [0.2, 0.25) is 12.2 Å². The quantitative estimate of drug-likeness (QED) is 0.501. The Hall–Kier alpha value is -2.74. The van der Waals surface area contributed by atoms with E-state index in [1.54, 1.807) is 0 Å². The Balaban J connectivity index is 1.85. The number of nitrogens with zero attached hydrogens (tertiary/aromatic N) is 3. The number of benzene rings is 1. The van der Waals surface area contributed by atoms with Crippen molar-refractivity contribution < 1.29 is 0 Å². The molecule has 0 unspecified atom stereocenters. The minimum Gasteiger partial charge on any atom is -0.357 e. The lowest BCUT2D eigenvalue weighted by Crippen LogP contribution is -2.37. The zero-order chi connectivity index (χ0) is 18.3. The highest BCUT2D eigenvalue weighted by atomic mass is 15.2. The summed E-state index contributed by atoms with van der Waals surface area (Å²) in [6, 6.07) is 10.6. The van der Waals surface area contributed by atoms with Gasteiger partial charge in [-0.25, -0.2) is 0 Å². The molecule has 0 atom stereocenters. The second kappa shape index (κ2) is 8.39. The maximum Gasteiger partial charge on any atom is 0.209 e. The number of guanidine groups is 1. The molecule has 0 aliphatic carbocycles. The highest BCUT2D eigenvalue weighted by Gasteiger charge is 2.12. The number of hydrogen-bond acceptors (Lipinski definition) is 2. The van der Waals surface area contributed by atoms with E-state index in [-0.39, 0.29) is 5.41 Å². The van der Waals surface area contributed by atoms with E-state index in [1.165, 1.54) is 11.1 Å². The number of nitrogens with one attached hydrogen (secondary N) is 2. The van der Waals surface area contributed by atoms with Gasteiger partial charge in [0.25, 0.3) is 0 Å². The summed E-state index contributed by atoms with van der Waals surface area (Å²) < 4.78 is 2.03. The molecule has 0 saturated heterocycles. The lowest BCUT2D eigenvalue weighted by molar-refractivity contribution is 0.590. The lowest BCUT2D eigenvalue weighted by atomic mass is 9.87. The molecule has 1 aromatic carbocycles. The molecular weight excluding hydrogens is 310 g/mol. The summed E-state index contributed by atoms with van der Waals surface area (Å²) in [5.74, 6) is 0.512. The Morgan fingerprint density at radius 2 is 1.84 bits per heavy atom. The lowest BCUT2D eigenvalue weighted by Gasteiger charge is -2.19. The van der Waals surface area contributed by atoms with Crippen LogP contribution in [-0.2, 0) is 25.4 Å². The Morgan fingerprint density at radius 1 is 1.12 bits per heavy atom. The van der Waals surface area contributed by atoms with Gasteiger partial charge in [-0.05, 0) is 34.6 Å². The van der Waals surface area contributed by atoms with Crippen LogP contribution < -0.4 is 10.6 Å². The van der Waals surface area contributed by atoms with Crippen LogP contribution in [0.5, 0.6) is 0 Å². The summed E-state index contributed by atoms with van der Waals surface area (Å²) in [6.45, 7) is 7.96.